The highest BCUT2D eigenvalue weighted by molar-refractivity contribution is 8.26. The first-order valence-electron chi connectivity index (χ1n) is 9.99. The lowest BCUT2D eigenvalue weighted by atomic mass is 10.2. The summed E-state index contributed by atoms with van der Waals surface area (Å²) in [6.45, 7) is 0.365. The lowest BCUT2D eigenvalue weighted by Crippen LogP contribution is -2.44. The number of thiocarbonyl (C=S) groups is 1. The number of ether oxygens (including phenoxy) is 2. The Kier molecular flexibility index (Phi) is 7.46. The summed E-state index contributed by atoms with van der Waals surface area (Å²) in [5.74, 6) is 0.203. The number of carbonyl (C=O) groups is 2. The number of nitrogens with zero attached hydrogens (tertiary/aromatic N) is 2. The monoisotopic (exact) mass is 511 g/mol. The van der Waals surface area contributed by atoms with E-state index < -0.39 is 11.8 Å². The quantitative estimate of drug-likeness (QED) is 0.358. The van der Waals surface area contributed by atoms with Crippen molar-refractivity contribution < 1.29 is 19.1 Å². The Balaban J connectivity index is 1.46. The van der Waals surface area contributed by atoms with Crippen molar-refractivity contribution in [2.45, 2.75) is 6.61 Å². The molecule has 0 bridgehead atoms. The number of amides is 2. The molecule has 1 saturated heterocycles. The van der Waals surface area contributed by atoms with E-state index in [4.69, 9.17) is 33.3 Å². The van der Waals surface area contributed by atoms with Crippen LogP contribution in [-0.2, 0) is 11.4 Å². The molecule has 172 valence electrons. The van der Waals surface area contributed by atoms with E-state index in [2.05, 4.69) is 10.4 Å². The second-order valence-electron chi connectivity index (χ2n) is 7.02. The fourth-order valence-corrected chi connectivity index (χ4v) is 4.32. The minimum Gasteiger partial charge on any atom is -0.493 e. The number of benzene rings is 2. The summed E-state index contributed by atoms with van der Waals surface area (Å²) in [7, 11) is 1.55. The van der Waals surface area contributed by atoms with Crippen LogP contribution in [0.5, 0.6) is 11.5 Å². The topological polar surface area (TPSA) is 80.8 Å². The molecule has 0 radical (unpaired) electrons. The molecule has 10 heteroatoms. The highest BCUT2D eigenvalue weighted by atomic mass is 35.5. The zero-order valence-electron chi connectivity index (χ0n) is 17.9. The van der Waals surface area contributed by atoms with Crippen molar-refractivity contribution in [3.63, 3.8) is 0 Å². The number of halogens is 1. The van der Waals surface area contributed by atoms with Crippen LogP contribution < -0.4 is 14.9 Å². The van der Waals surface area contributed by atoms with Crippen molar-refractivity contribution in [1.82, 2.24) is 15.4 Å². The maximum Gasteiger partial charge on any atom is 0.285 e. The predicted octanol–water partition coefficient (Wildman–Crippen LogP) is 4.87. The number of nitrogens with one attached hydrogen (secondary N) is 1. The number of hydrogen-bond donors (Lipinski definition) is 1. The van der Waals surface area contributed by atoms with Crippen molar-refractivity contribution in [3.05, 3.63) is 93.6 Å². The summed E-state index contributed by atoms with van der Waals surface area (Å²) in [6, 6.07) is 15.4. The number of hydrogen-bond acceptors (Lipinski definition) is 7. The number of thioether (sulfide) groups is 1. The van der Waals surface area contributed by atoms with Gasteiger partial charge in [-0.3, -0.25) is 20.0 Å². The normalized spacial score (nSPS) is 14.4. The van der Waals surface area contributed by atoms with Gasteiger partial charge < -0.3 is 9.47 Å². The van der Waals surface area contributed by atoms with E-state index in [-0.39, 0.29) is 4.32 Å². The molecule has 2 heterocycles. The Hall–Kier alpha value is -3.40. The third-order valence-corrected chi connectivity index (χ3v) is 6.30. The largest absolute Gasteiger partial charge is 0.493 e. The van der Waals surface area contributed by atoms with E-state index in [0.717, 1.165) is 27.9 Å². The SMILES string of the molecule is COc1cc(/C=C2/SC(=S)N(NC(=O)c3ccc(Cl)cc3)C2=O)ccc1OCc1ccncc1. The molecular formula is C24H18ClN3O4S2. The minimum absolute atomic E-state index is 0.225. The second kappa shape index (κ2) is 10.7. The van der Waals surface area contributed by atoms with Gasteiger partial charge in [-0.1, -0.05) is 29.4 Å². The Morgan fingerprint density at radius 3 is 2.59 bits per heavy atom. The van der Waals surface area contributed by atoms with Gasteiger partial charge in [0.15, 0.2) is 15.8 Å². The first kappa shape index (κ1) is 23.7. The molecule has 1 N–H and O–H groups in total. The molecule has 1 aliphatic rings. The summed E-state index contributed by atoms with van der Waals surface area (Å²) < 4.78 is 11.5. The molecule has 0 aliphatic carbocycles. The smallest absolute Gasteiger partial charge is 0.285 e. The fraction of sp³-hybridized carbons (Fsp3) is 0.0833. The van der Waals surface area contributed by atoms with Gasteiger partial charge in [-0.15, -0.1) is 0 Å². The number of rotatable bonds is 7. The minimum atomic E-state index is -0.466. The standard InChI is InChI=1S/C24H18ClN3O4S2/c1-31-20-12-16(2-7-19(20)32-14-15-8-10-26-11-9-15)13-21-23(30)28(24(33)34-21)27-22(29)17-3-5-18(25)6-4-17/h2-13H,14H2,1H3,(H,27,29)/b21-13+. The molecule has 1 aliphatic heterocycles. The van der Waals surface area contributed by atoms with Crippen LogP contribution in [0.1, 0.15) is 21.5 Å². The maximum absolute atomic E-state index is 12.9. The van der Waals surface area contributed by atoms with Crippen LogP contribution in [-0.4, -0.2) is 33.2 Å². The molecule has 0 spiro atoms. The Morgan fingerprint density at radius 2 is 1.88 bits per heavy atom. The number of carbonyl (C=O) groups excluding carboxylic acids is 2. The fourth-order valence-electron chi connectivity index (χ4n) is 3.02. The summed E-state index contributed by atoms with van der Waals surface area (Å²) in [5.41, 5.74) is 4.60. The van der Waals surface area contributed by atoms with Crippen molar-refractivity contribution in [3.8, 4) is 11.5 Å². The van der Waals surface area contributed by atoms with E-state index in [1.807, 2.05) is 18.2 Å². The Labute approximate surface area is 210 Å². The molecule has 7 nitrogen and oxygen atoms in total. The number of methoxy groups -OCH3 is 1. The molecule has 2 amide bonds. The summed E-state index contributed by atoms with van der Waals surface area (Å²) in [5, 5.41) is 1.57. The van der Waals surface area contributed by atoms with Crippen molar-refractivity contribution in [2.24, 2.45) is 0 Å². The van der Waals surface area contributed by atoms with Crippen LogP contribution in [0.4, 0.5) is 0 Å². The van der Waals surface area contributed by atoms with E-state index in [0.29, 0.717) is 33.6 Å². The first-order chi connectivity index (χ1) is 16.4. The molecule has 1 aromatic heterocycles. The number of aromatic nitrogens is 1. The molecule has 34 heavy (non-hydrogen) atoms. The number of pyridine rings is 1. The predicted molar refractivity (Wildman–Crippen MR) is 135 cm³/mol. The molecule has 0 unspecified atom stereocenters. The van der Waals surface area contributed by atoms with Crippen LogP contribution in [0.2, 0.25) is 5.02 Å². The third kappa shape index (κ3) is 5.56. The Morgan fingerprint density at radius 1 is 1.15 bits per heavy atom. The molecule has 1 fully saturated rings. The molecule has 0 atom stereocenters. The van der Waals surface area contributed by atoms with Crippen molar-refractivity contribution >= 4 is 57.8 Å². The van der Waals surface area contributed by atoms with Gasteiger partial charge in [-0.2, -0.15) is 5.01 Å². The summed E-state index contributed by atoms with van der Waals surface area (Å²) >= 11 is 12.2. The van der Waals surface area contributed by atoms with E-state index in [9.17, 15) is 9.59 Å². The van der Waals surface area contributed by atoms with Crippen LogP contribution in [0.25, 0.3) is 6.08 Å². The van der Waals surface area contributed by atoms with Gasteiger partial charge >= 0.3 is 0 Å². The van der Waals surface area contributed by atoms with Gasteiger partial charge in [0.25, 0.3) is 11.8 Å². The van der Waals surface area contributed by atoms with Gasteiger partial charge in [0.2, 0.25) is 0 Å². The van der Waals surface area contributed by atoms with Gasteiger partial charge in [0, 0.05) is 23.0 Å². The highest BCUT2D eigenvalue weighted by Crippen LogP contribution is 2.34. The van der Waals surface area contributed by atoms with Crippen molar-refractivity contribution in [1.29, 1.82) is 0 Å². The average molecular weight is 512 g/mol. The van der Waals surface area contributed by atoms with E-state index in [1.54, 1.807) is 62.0 Å². The molecule has 3 aromatic rings. The Bertz CT molecular complexity index is 1270. The lowest BCUT2D eigenvalue weighted by Gasteiger charge is -2.15. The van der Waals surface area contributed by atoms with Gasteiger partial charge in [0.1, 0.15) is 6.61 Å². The maximum atomic E-state index is 12.9. The zero-order valence-corrected chi connectivity index (χ0v) is 20.2. The van der Waals surface area contributed by atoms with E-state index in [1.165, 1.54) is 0 Å². The zero-order chi connectivity index (χ0) is 24.1. The molecule has 0 saturated carbocycles. The van der Waals surface area contributed by atoms with Gasteiger partial charge in [-0.05, 0) is 78.0 Å². The second-order valence-corrected chi connectivity index (χ2v) is 9.13. The van der Waals surface area contributed by atoms with Crippen LogP contribution in [0.15, 0.2) is 71.9 Å². The van der Waals surface area contributed by atoms with Gasteiger partial charge in [-0.25, -0.2) is 0 Å². The molecule has 2 aromatic carbocycles. The summed E-state index contributed by atoms with van der Waals surface area (Å²) in [4.78, 5) is 29.7. The van der Waals surface area contributed by atoms with Crippen LogP contribution in [0.3, 0.4) is 0 Å². The summed E-state index contributed by atoms with van der Waals surface area (Å²) in [6.07, 6.45) is 5.09. The lowest BCUT2D eigenvalue weighted by molar-refractivity contribution is -0.123. The molecule has 4 rings (SSSR count). The average Bonchev–Trinajstić information content (AvgIpc) is 3.11. The van der Waals surface area contributed by atoms with Crippen LogP contribution in [0, 0.1) is 0 Å². The highest BCUT2D eigenvalue weighted by Gasteiger charge is 2.33. The number of hydrazine groups is 1. The first-order valence-corrected chi connectivity index (χ1v) is 11.6. The third-order valence-electron chi connectivity index (χ3n) is 4.74. The van der Waals surface area contributed by atoms with Crippen molar-refractivity contribution in [2.75, 3.05) is 7.11 Å². The van der Waals surface area contributed by atoms with Gasteiger partial charge in [0.05, 0.1) is 12.0 Å². The molecular weight excluding hydrogens is 494 g/mol. The van der Waals surface area contributed by atoms with E-state index >= 15 is 0 Å². The van der Waals surface area contributed by atoms with Crippen LogP contribution >= 0.6 is 35.6 Å².